The molecule has 0 saturated carbocycles. The highest BCUT2D eigenvalue weighted by Crippen LogP contribution is 2.31. The normalized spacial score (nSPS) is 11.2. The van der Waals surface area contributed by atoms with Gasteiger partial charge in [-0.15, -0.1) is 16.4 Å². The average Bonchev–Trinajstić information content (AvgIpc) is 2.88. The van der Waals surface area contributed by atoms with Crippen molar-refractivity contribution in [3.05, 3.63) is 22.6 Å². The number of nitrogens with zero attached hydrogens (tertiary/aromatic N) is 5. The van der Waals surface area contributed by atoms with Gasteiger partial charge in [-0.25, -0.2) is 14.5 Å². The van der Waals surface area contributed by atoms with Crippen molar-refractivity contribution in [1.82, 2.24) is 19.6 Å². The summed E-state index contributed by atoms with van der Waals surface area (Å²) in [5, 5.41) is 14.1. The van der Waals surface area contributed by atoms with Crippen LogP contribution in [-0.2, 0) is 12.8 Å². The van der Waals surface area contributed by atoms with Crippen LogP contribution in [-0.4, -0.2) is 19.6 Å². The highest BCUT2D eigenvalue weighted by molar-refractivity contribution is 7.18. The van der Waals surface area contributed by atoms with Crippen LogP contribution in [0.5, 0.6) is 0 Å². The number of thiophene rings is 1. The lowest BCUT2D eigenvalue weighted by Crippen LogP contribution is -1.91. The van der Waals surface area contributed by atoms with E-state index in [2.05, 4.69) is 35.0 Å². The van der Waals surface area contributed by atoms with Gasteiger partial charge < -0.3 is 0 Å². The highest BCUT2D eigenvalue weighted by atomic mass is 32.1. The lowest BCUT2D eigenvalue weighted by atomic mass is 10.1. The summed E-state index contributed by atoms with van der Waals surface area (Å²) in [6, 6.07) is 2.07. The number of aryl methyl sites for hydroxylation is 2. The van der Waals surface area contributed by atoms with Crippen LogP contribution in [0.4, 0.5) is 0 Å². The Balaban J connectivity index is 2.40. The molecule has 0 saturated heterocycles. The zero-order chi connectivity index (χ0) is 12.7. The van der Waals surface area contributed by atoms with Crippen molar-refractivity contribution in [1.29, 1.82) is 5.26 Å². The van der Waals surface area contributed by atoms with E-state index in [1.54, 1.807) is 22.2 Å². The molecule has 0 aliphatic carbocycles. The van der Waals surface area contributed by atoms with Crippen molar-refractivity contribution in [3.8, 4) is 6.07 Å². The van der Waals surface area contributed by atoms with Gasteiger partial charge in [0.1, 0.15) is 11.2 Å². The van der Waals surface area contributed by atoms with Crippen molar-refractivity contribution in [3.63, 3.8) is 0 Å². The Morgan fingerprint density at radius 3 is 3.06 bits per heavy atom. The molecule has 0 N–H and O–H groups in total. The van der Waals surface area contributed by atoms with Gasteiger partial charge in [0.25, 0.3) is 0 Å². The third kappa shape index (κ3) is 1.48. The summed E-state index contributed by atoms with van der Waals surface area (Å²) < 4.78 is 1.67. The summed E-state index contributed by atoms with van der Waals surface area (Å²) in [5.74, 6) is 0.553. The number of aromatic nitrogens is 4. The summed E-state index contributed by atoms with van der Waals surface area (Å²) in [5.41, 5.74) is 2.09. The Hall–Kier alpha value is -2.00. The third-order valence-corrected chi connectivity index (χ3v) is 4.02. The van der Waals surface area contributed by atoms with E-state index in [4.69, 9.17) is 5.26 Å². The van der Waals surface area contributed by atoms with Gasteiger partial charge in [-0.3, -0.25) is 0 Å². The first kappa shape index (κ1) is 11.1. The van der Waals surface area contributed by atoms with Crippen molar-refractivity contribution >= 4 is 27.2 Å². The molecule has 0 aliphatic heterocycles. The molecule has 3 aromatic heterocycles. The SMILES string of the molecule is CCc1c(C)sc2ncn3nc(CC#N)nc3c12. The van der Waals surface area contributed by atoms with Gasteiger partial charge >= 0.3 is 0 Å². The number of nitriles is 1. The van der Waals surface area contributed by atoms with Crippen molar-refractivity contribution < 1.29 is 0 Å². The van der Waals surface area contributed by atoms with E-state index in [9.17, 15) is 0 Å². The molecule has 5 nitrogen and oxygen atoms in total. The molecule has 0 amide bonds. The molecule has 18 heavy (non-hydrogen) atoms. The Morgan fingerprint density at radius 1 is 1.50 bits per heavy atom. The zero-order valence-electron chi connectivity index (χ0n) is 10.1. The van der Waals surface area contributed by atoms with Crippen molar-refractivity contribution in [2.75, 3.05) is 0 Å². The standard InChI is InChI=1S/C12H11N5S/c1-3-8-7(2)18-12-10(8)11-15-9(4-5-13)16-17(11)6-14-12/h6H,3-4H2,1-2H3. The summed E-state index contributed by atoms with van der Waals surface area (Å²) in [6.45, 7) is 4.23. The van der Waals surface area contributed by atoms with E-state index in [0.717, 1.165) is 22.3 Å². The first-order valence-electron chi connectivity index (χ1n) is 5.73. The van der Waals surface area contributed by atoms with Crippen LogP contribution in [0.15, 0.2) is 6.33 Å². The Labute approximate surface area is 108 Å². The van der Waals surface area contributed by atoms with E-state index in [1.807, 2.05) is 0 Å². The van der Waals surface area contributed by atoms with Crippen LogP contribution in [0.1, 0.15) is 23.2 Å². The summed E-state index contributed by atoms with van der Waals surface area (Å²) in [4.78, 5) is 11.1. The molecule has 3 aromatic rings. The second kappa shape index (κ2) is 4.03. The smallest absolute Gasteiger partial charge is 0.168 e. The van der Waals surface area contributed by atoms with Gasteiger partial charge in [-0.05, 0) is 18.9 Å². The molecule has 0 atom stereocenters. The van der Waals surface area contributed by atoms with Gasteiger partial charge in [0, 0.05) is 4.88 Å². The molecular weight excluding hydrogens is 246 g/mol. The Kier molecular flexibility index (Phi) is 2.49. The Bertz CT molecular complexity index is 777. The van der Waals surface area contributed by atoms with Crippen LogP contribution in [0.25, 0.3) is 15.9 Å². The molecule has 0 unspecified atom stereocenters. The van der Waals surface area contributed by atoms with E-state index in [0.29, 0.717) is 5.82 Å². The molecule has 3 rings (SSSR count). The van der Waals surface area contributed by atoms with Gasteiger partial charge in [0.2, 0.25) is 0 Å². The number of fused-ring (bicyclic) bond motifs is 3. The maximum Gasteiger partial charge on any atom is 0.168 e. The van der Waals surface area contributed by atoms with E-state index in [-0.39, 0.29) is 6.42 Å². The quantitative estimate of drug-likeness (QED) is 0.706. The molecule has 0 radical (unpaired) electrons. The second-order valence-corrected chi connectivity index (χ2v) is 5.25. The molecule has 0 fully saturated rings. The fourth-order valence-electron chi connectivity index (χ4n) is 2.18. The first-order chi connectivity index (χ1) is 8.74. The molecule has 6 heteroatoms. The Morgan fingerprint density at radius 2 is 2.33 bits per heavy atom. The van der Waals surface area contributed by atoms with Gasteiger partial charge in [0.15, 0.2) is 11.5 Å². The predicted molar refractivity (Wildman–Crippen MR) is 69.6 cm³/mol. The average molecular weight is 257 g/mol. The molecule has 0 aromatic carbocycles. The highest BCUT2D eigenvalue weighted by Gasteiger charge is 2.15. The lowest BCUT2D eigenvalue weighted by molar-refractivity contribution is 0.893. The molecule has 0 bridgehead atoms. The number of rotatable bonds is 2. The number of hydrogen-bond acceptors (Lipinski definition) is 5. The molecule has 90 valence electrons. The minimum Gasteiger partial charge on any atom is -0.225 e. The molecule has 0 aliphatic rings. The maximum absolute atomic E-state index is 8.71. The van der Waals surface area contributed by atoms with E-state index < -0.39 is 0 Å². The third-order valence-electron chi connectivity index (χ3n) is 2.96. The predicted octanol–water partition coefficient (Wildman–Crippen LogP) is 2.28. The summed E-state index contributed by atoms with van der Waals surface area (Å²) >= 11 is 1.68. The summed E-state index contributed by atoms with van der Waals surface area (Å²) in [6.07, 6.45) is 2.85. The fraction of sp³-hybridized carbons (Fsp3) is 0.333. The van der Waals surface area contributed by atoms with Crippen molar-refractivity contribution in [2.45, 2.75) is 26.7 Å². The topological polar surface area (TPSA) is 66.9 Å². The van der Waals surface area contributed by atoms with E-state index >= 15 is 0 Å². The van der Waals surface area contributed by atoms with Crippen molar-refractivity contribution in [2.24, 2.45) is 0 Å². The van der Waals surface area contributed by atoms with Crippen LogP contribution in [0, 0.1) is 18.3 Å². The largest absolute Gasteiger partial charge is 0.225 e. The van der Waals surface area contributed by atoms with E-state index in [1.165, 1.54) is 10.4 Å². The zero-order valence-corrected chi connectivity index (χ0v) is 11.0. The van der Waals surface area contributed by atoms with Crippen LogP contribution in [0.2, 0.25) is 0 Å². The van der Waals surface area contributed by atoms with Gasteiger partial charge in [-0.2, -0.15) is 5.26 Å². The fourth-order valence-corrected chi connectivity index (χ4v) is 3.26. The summed E-state index contributed by atoms with van der Waals surface area (Å²) in [7, 11) is 0. The first-order valence-corrected chi connectivity index (χ1v) is 6.55. The second-order valence-electron chi connectivity index (χ2n) is 4.05. The van der Waals surface area contributed by atoms with Crippen LogP contribution < -0.4 is 0 Å². The van der Waals surface area contributed by atoms with Gasteiger partial charge in [0.05, 0.1) is 17.9 Å². The van der Waals surface area contributed by atoms with Crippen LogP contribution in [0.3, 0.4) is 0 Å². The minimum atomic E-state index is 0.230. The lowest BCUT2D eigenvalue weighted by Gasteiger charge is -1.96. The van der Waals surface area contributed by atoms with Crippen LogP contribution >= 0.6 is 11.3 Å². The minimum absolute atomic E-state index is 0.230. The number of hydrogen-bond donors (Lipinski definition) is 0. The molecular formula is C12H11N5S. The maximum atomic E-state index is 8.71. The monoisotopic (exact) mass is 257 g/mol. The molecule has 0 spiro atoms. The van der Waals surface area contributed by atoms with Gasteiger partial charge in [-0.1, -0.05) is 6.92 Å². The molecule has 3 heterocycles.